The van der Waals surface area contributed by atoms with E-state index in [0.717, 1.165) is 5.56 Å². The number of fused-ring (bicyclic) bond motifs is 1. The summed E-state index contributed by atoms with van der Waals surface area (Å²) in [6.07, 6.45) is 0.598. The van der Waals surface area contributed by atoms with Gasteiger partial charge in [-0.25, -0.2) is 4.79 Å². The first-order valence-electron chi connectivity index (χ1n) is 10.2. The lowest BCUT2D eigenvalue weighted by Crippen LogP contribution is -2.32. The van der Waals surface area contributed by atoms with Crippen molar-refractivity contribution in [3.63, 3.8) is 0 Å². The second kappa shape index (κ2) is 9.97. The van der Waals surface area contributed by atoms with Crippen LogP contribution in [0, 0.1) is 0 Å². The Labute approximate surface area is 179 Å². The van der Waals surface area contributed by atoms with Crippen molar-refractivity contribution in [3.05, 3.63) is 58.1 Å². The molecule has 0 spiro atoms. The topological polar surface area (TPSA) is 99.8 Å². The molecule has 0 saturated carbocycles. The highest BCUT2D eigenvalue weighted by Gasteiger charge is 2.14. The van der Waals surface area contributed by atoms with Crippen molar-refractivity contribution in [1.82, 2.24) is 9.88 Å². The van der Waals surface area contributed by atoms with E-state index in [-0.39, 0.29) is 23.8 Å². The maximum atomic E-state index is 12.4. The van der Waals surface area contributed by atoms with Crippen LogP contribution >= 0.6 is 0 Å². The predicted octanol–water partition coefficient (Wildman–Crippen LogP) is 2.95. The summed E-state index contributed by atoms with van der Waals surface area (Å²) in [4.78, 5) is 36.0. The zero-order chi connectivity index (χ0) is 22.4. The Kier molecular flexibility index (Phi) is 7.12. The van der Waals surface area contributed by atoms with Crippen LogP contribution in [0.1, 0.15) is 36.7 Å². The lowest BCUT2D eigenvalue weighted by atomic mass is 10.1. The number of nitrogens with zero attached hydrogens (tertiary/aromatic N) is 1. The maximum absolute atomic E-state index is 12.4. The summed E-state index contributed by atoms with van der Waals surface area (Å²) in [5.41, 5.74) is 2.19. The minimum Gasteiger partial charge on any atom is -0.490 e. The number of ketones is 1. The average Bonchev–Trinajstić information content (AvgIpc) is 3.04. The summed E-state index contributed by atoms with van der Waals surface area (Å²) < 4.78 is 17.6. The Balaban J connectivity index is 1.62. The number of aromatic nitrogens is 1. The third-order valence-electron chi connectivity index (χ3n) is 4.72. The van der Waals surface area contributed by atoms with Crippen LogP contribution in [0.2, 0.25) is 0 Å². The molecule has 0 radical (unpaired) electrons. The van der Waals surface area contributed by atoms with E-state index in [1.165, 1.54) is 17.6 Å². The van der Waals surface area contributed by atoms with Gasteiger partial charge >= 0.3 is 5.76 Å². The van der Waals surface area contributed by atoms with Crippen LogP contribution in [0.25, 0.3) is 11.1 Å². The summed E-state index contributed by atoms with van der Waals surface area (Å²) >= 11 is 0. The van der Waals surface area contributed by atoms with Crippen LogP contribution < -0.4 is 20.5 Å². The molecule has 8 nitrogen and oxygen atoms in total. The van der Waals surface area contributed by atoms with Gasteiger partial charge in [-0.2, -0.15) is 0 Å². The smallest absolute Gasteiger partial charge is 0.420 e. The number of benzene rings is 2. The van der Waals surface area contributed by atoms with Crippen LogP contribution in [0.15, 0.2) is 45.6 Å². The number of rotatable bonds is 10. The van der Waals surface area contributed by atoms with Gasteiger partial charge in [0.1, 0.15) is 6.54 Å². The second-order valence-corrected chi connectivity index (χ2v) is 6.94. The molecule has 0 unspecified atom stereocenters. The quantitative estimate of drug-likeness (QED) is 0.501. The summed E-state index contributed by atoms with van der Waals surface area (Å²) in [7, 11) is 0. The van der Waals surface area contributed by atoms with E-state index in [2.05, 4.69) is 5.32 Å². The Morgan fingerprint density at radius 2 is 1.77 bits per heavy atom. The van der Waals surface area contributed by atoms with Crippen molar-refractivity contribution in [2.45, 2.75) is 33.7 Å². The molecule has 0 bridgehead atoms. The third kappa shape index (κ3) is 5.33. The first kappa shape index (κ1) is 22.1. The fourth-order valence-electron chi connectivity index (χ4n) is 3.23. The molecule has 3 rings (SSSR count). The number of nitrogens with one attached hydrogen (secondary N) is 1. The molecule has 31 heavy (non-hydrogen) atoms. The van der Waals surface area contributed by atoms with Gasteiger partial charge in [-0.1, -0.05) is 6.07 Å². The van der Waals surface area contributed by atoms with Gasteiger partial charge in [-0.15, -0.1) is 0 Å². The first-order chi connectivity index (χ1) is 14.9. The molecule has 1 amide bonds. The lowest BCUT2D eigenvalue weighted by molar-refractivity contribution is -0.121. The van der Waals surface area contributed by atoms with Gasteiger partial charge in [-0.3, -0.25) is 14.2 Å². The molecule has 0 aliphatic rings. The molecule has 1 N–H and O–H groups in total. The highest BCUT2D eigenvalue weighted by Crippen LogP contribution is 2.28. The molecule has 0 saturated heterocycles. The van der Waals surface area contributed by atoms with Crippen molar-refractivity contribution in [2.24, 2.45) is 0 Å². The minimum absolute atomic E-state index is 0.128. The van der Waals surface area contributed by atoms with E-state index in [4.69, 9.17) is 13.9 Å². The van der Waals surface area contributed by atoms with E-state index in [1.807, 2.05) is 32.0 Å². The molecule has 0 fully saturated rings. The number of oxazole rings is 1. The number of hydrogen-bond acceptors (Lipinski definition) is 6. The molecule has 0 aliphatic heterocycles. The highest BCUT2D eigenvalue weighted by molar-refractivity contribution is 5.97. The van der Waals surface area contributed by atoms with Gasteiger partial charge in [0.25, 0.3) is 0 Å². The Morgan fingerprint density at radius 3 is 2.48 bits per heavy atom. The van der Waals surface area contributed by atoms with Crippen molar-refractivity contribution in [2.75, 3.05) is 19.8 Å². The van der Waals surface area contributed by atoms with Crippen LogP contribution in [0.5, 0.6) is 11.5 Å². The summed E-state index contributed by atoms with van der Waals surface area (Å²) in [5.74, 6) is 0.290. The monoisotopic (exact) mass is 426 g/mol. The molecule has 1 aromatic heterocycles. The number of ether oxygens (including phenoxy) is 2. The Bertz CT molecular complexity index is 1140. The Morgan fingerprint density at radius 1 is 1.03 bits per heavy atom. The van der Waals surface area contributed by atoms with Gasteiger partial charge in [-0.05, 0) is 63.1 Å². The number of amides is 1. The number of carbonyl (C=O) groups is 2. The van der Waals surface area contributed by atoms with Crippen LogP contribution in [0.3, 0.4) is 0 Å². The minimum atomic E-state index is -0.640. The van der Waals surface area contributed by atoms with Gasteiger partial charge in [0.15, 0.2) is 22.9 Å². The average molecular weight is 426 g/mol. The molecule has 1 heterocycles. The zero-order valence-corrected chi connectivity index (χ0v) is 17.9. The van der Waals surface area contributed by atoms with Crippen LogP contribution in [0.4, 0.5) is 0 Å². The first-order valence-corrected chi connectivity index (χ1v) is 10.2. The zero-order valence-electron chi connectivity index (χ0n) is 17.9. The largest absolute Gasteiger partial charge is 0.490 e. The summed E-state index contributed by atoms with van der Waals surface area (Å²) in [6, 6.07) is 10.4. The molecule has 3 aromatic rings. The fraction of sp³-hybridized carbons (Fsp3) is 0.348. The van der Waals surface area contributed by atoms with Crippen LogP contribution in [-0.4, -0.2) is 36.0 Å². The van der Waals surface area contributed by atoms with E-state index < -0.39 is 5.76 Å². The lowest BCUT2D eigenvalue weighted by Gasteiger charge is -2.12. The van der Waals surface area contributed by atoms with Gasteiger partial charge in [0.2, 0.25) is 5.91 Å². The van der Waals surface area contributed by atoms with Crippen molar-refractivity contribution < 1.29 is 23.5 Å². The number of carbonyl (C=O) groups excluding carboxylic acids is 2. The van der Waals surface area contributed by atoms with Gasteiger partial charge in [0, 0.05) is 12.1 Å². The second-order valence-electron chi connectivity index (χ2n) is 6.94. The number of Topliss-reactive ketones (excluding diaryl/α,β-unsaturated/α-hetero) is 1. The SMILES string of the molecule is CCOc1ccc(CCNC(=O)Cn2c(=O)oc3cc(C(C)=O)ccc32)cc1OCC. The highest BCUT2D eigenvalue weighted by atomic mass is 16.5. The molecule has 164 valence electrons. The van der Waals surface area contributed by atoms with E-state index >= 15 is 0 Å². The van der Waals surface area contributed by atoms with Crippen molar-refractivity contribution in [3.8, 4) is 11.5 Å². The van der Waals surface area contributed by atoms with Crippen LogP contribution in [-0.2, 0) is 17.8 Å². The molecule has 2 aromatic carbocycles. The molecular formula is C23H26N2O6. The number of hydrogen-bond donors (Lipinski definition) is 1. The fourth-order valence-corrected chi connectivity index (χ4v) is 3.23. The standard InChI is InChI=1S/C23H26N2O6/c1-4-29-19-9-6-16(12-21(19)30-5-2)10-11-24-22(27)14-25-18-8-7-17(15(3)26)13-20(18)31-23(25)28/h6-9,12-13H,4-5,10-11,14H2,1-3H3,(H,24,27). The van der Waals surface area contributed by atoms with E-state index in [9.17, 15) is 14.4 Å². The van der Waals surface area contributed by atoms with E-state index in [0.29, 0.717) is 48.8 Å². The molecule has 0 aliphatic carbocycles. The Hall–Kier alpha value is -3.55. The summed E-state index contributed by atoms with van der Waals surface area (Å²) in [5, 5.41) is 2.82. The maximum Gasteiger partial charge on any atom is 0.420 e. The third-order valence-corrected chi connectivity index (χ3v) is 4.72. The molecular weight excluding hydrogens is 400 g/mol. The molecule has 0 atom stereocenters. The van der Waals surface area contributed by atoms with Gasteiger partial charge in [0.05, 0.1) is 18.7 Å². The predicted molar refractivity (Wildman–Crippen MR) is 116 cm³/mol. The molecule has 8 heteroatoms. The normalized spacial score (nSPS) is 10.8. The summed E-state index contributed by atoms with van der Waals surface area (Å²) in [6.45, 7) is 6.57. The van der Waals surface area contributed by atoms with E-state index in [1.54, 1.807) is 12.1 Å². The van der Waals surface area contributed by atoms with Crippen molar-refractivity contribution >= 4 is 22.8 Å². The van der Waals surface area contributed by atoms with Gasteiger partial charge < -0.3 is 19.2 Å². The van der Waals surface area contributed by atoms with Crippen molar-refractivity contribution in [1.29, 1.82) is 0 Å².